The quantitative estimate of drug-likeness (QED) is 0.577. The molecule has 3 heterocycles. The van der Waals surface area contributed by atoms with Crippen LogP contribution in [0.5, 0.6) is 0 Å². The molecule has 10 nitrogen and oxygen atoms in total. The molecule has 170 valence electrons. The highest BCUT2D eigenvalue weighted by Crippen LogP contribution is 2.35. The van der Waals surface area contributed by atoms with E-state index in [9.17, 15) is 19.2 Å². The summed E-state index contributed by atoms with van der Waals surface area (Å²) in [7, 11) is 0. The number of pyridine rings is 1. The zero-order valence-electron chi connectivity index (χ0n) is 18.2. The molecule has 0 radical (unpaired) electrons. The van der Waals surface area contributed by atoms with Crippen molar-refractivity contribution in [2.45, 2.75) is 50.7 Å². The molecule has 2 fully saturated rings. The molecule has 1 aliphatic carbocycles. The Morgan fingerprint density at radius 3 is 2.70 bits per heavy atom. The average molecular weight is 448 g/mol. The van der Waals surface area contributed by atoms with Crippen molar-refractivity contribution in [2.75, 3.05) is 5.32 Å². The number of rotatable bonds is 5. The minimum atomic E-state index is -0.956. The van der Waals surface area contributed by atoms with Gasteiger partial charge in [0.15, 0.2) is 5.65 Å². The van der Waals surface area contributed by atoms with Gasteiger partial charge in [0.1, 0.15) is 11.6 Å². The van der Waals surface area contributed by atoms with Gasteiger partial charge in [0.05, 0.1) is 6.54 Å². The normalized spacial score (nSPS) is 18.2. The van der Waals surface area contributed by atoms with Crippen molar-refractivity contribution in [3.63, 3.8) is 0 Å². The Hall–Kier alpha value is -3.95. The van der Waals surface area contributed by atoms with E-state index in [0.29, 0.717) is 24.2 Å². The number of aromatic nitrogens is 3. The number of carbonyl (C=O) groups is 3. The van der Waals surface area contributed by atoms with E-state index in [1.165, 1.54) is 9.08 Å². The highest BCUT2D eigenvalue weighted by atomic mass is 16.2. The first-order valence-electron chi connectivity index (χ1n) is 11.0. The molecule has 2 aliphatic rings. The summed E-state index contributed by atoms with van der Waals surface area (Å²) < 4.78 is 2.82. The molecule has 1 unspecified atom stereocenters. The van der Waals surface area contributed by atoms with Crippen molar-refractivity contribution < 1.29 is 14.4 Å². The Morgan fingerprint density at radius 2 is 1.94 bits per heavy atom. The number of imide groups is 1. The van der Waals surface area contributed by atoms with E-state index in [0.717, 1.165) is 23.3 Å². The predicted molar refractivity (Wildman–Crippen MR) is 120 cm³/mol. The third-order valence-electron chi connectivity index (χ3n) is 6.43. The molecule has 4 amide bonds. The monoisotopic (exact) mass is 448 g/mol. The topological polar surface area (TPSA) is 118 Å². The van der Waals surface area contributed by atoms with Gasteiger partial charge in [0.2, 0.25) is 5.91 Å². The summed E-state index contributed by atoms with van der Waals surface area (Å²) in [5.74, 6) is -0.789. The molecule has 1 saturated carbocycles. The number of hydrogen-bond acceptors (Lipinski definition) is 5. The zero-order valence-corrected chi connectivity index (χ0v) is 18.2. The van der Waals surface area contributed by atoms with E-state index in [1.807, 2.05) is 12.1 Å². The molecule has 1 aromatic carbocycles. The summed E-state index contributed by atoms with van der Waals surface area (Å²) in [6.45, 7) is 1.77. The van der Waals surface area contributed by atoms with Crippen LogP contribution in [0.4, 0.5) is 10.5 Å². The average Bonchev–Trinajstić information content (AvgIpc) is 3.46. The minimum absolute atomic E-state index is 0.231. The molecular formula is C23H24N6O4. The van der Waals surface area contributed by atoms with Crippen LogP contribution in [0.3, 0.4) is 0 Å². The number of urea groups is 1. The number of fused-ring (bicyclic) bond motifs is 1. The van der Waals surface area contributed by atoms with Gasteiger partial charge in [-0.3, -0.25) is 14.0 Å². The lowest BCUT2D eigenvalue weighted by Gasteiger charge is -2.23. The van der Waals surface area contributed by atoms with Crippen molar-refractivity contribution in [1.29, 1.82) is 0 Å². The summed E-state index contributed by atoms with van der Waals surface area (Å²) in [4.78, 5) is 51.8. The summed E-state index contributed by atoms with van der Waals surface area (Å²) in [6.07, 6.45) is 4.62. The highest BCUT2D eigenvalue weighted by molar-refractivity contribution is 6.11. The van der Waals surface area contributed by atoms with Crippen LogP contribution in [0, 0.1) is 0 Å². The smallest absolute Gasteiger partial charge is 0.324 e. The maximum absolute atomic E-state index is 12.9. The van der Waals surface area contributed by atoms with Gasteiger partial charge < -0.3 is 10.6 Å². The van der Waals surface area contributed by atoms with Gasteiger partial charge in [-0.05, 0) is 49.6 Å². The molecule has 0 bridgehead atoms. The van der Waals surface area contributed by atoms with E-state index < -0.39 is 23.5 Å². The molecule has 5 rings (SSSR count). The van der Waals surface area contributed by atoms with Crippen molar-refractivity contribution >= 4 is 29.2 Å². The SMILES string of the molecule is CC(C(=O)Nc1cccc(Cn2nc3ccccn3c2=O)c1)N1C(=O)NC2(CCCC2)C1=O. The van der Waals surface area contributed by atoms with Crippen molar-refractivity contribution in [3.05, 3.63) is 64.7 Å². The van der Waals surface area contributed by atoms with Crippen molar-refractivity contribution in [1.82, 2.24) is 24.4 Å². The van der Waals surface area contributed by atoms with Crippen LogP contribution in [0.15, 0.2) is 53.5 Å². The standard InChI is InChI=1S/C23H24N6O4/c1-15(29-20(31)23(25-21(29)32)10-3-4-11-23)19(30)24-17-8-6-7-16(13-17)14-28-22(33)27-12-5-2-9-18(27)26-28/h2,5-9,12-13,15H,3-4,10-11,14H2,1H3,(H,24,30)(H,25,32). The van der Waals surface area contributed by atoms with Crippen LogP contribution in [0.1, 0.15) is 38.2 Å². The fourth-order valence-electron chi connectivity index (χ4n) is 4.67. The van der Waals surface area contributed by atoms with Crippen LogP contribution >= 0.6 is 0 Å². The van der Waals surface area contributed by atoms with Gasteiger partial charge in [0.25, 0.3) is 5.91 Å². The van der Waals surface area contributed by atoms with Crippen molar-refractivity contribution in [2.24, 2.45) is 0 Å². The Morgan fingerprint density at radius 1 is 1.15 bits per heavy atom. The molecule has 1 saturated heterocycles. The van der Waals surface area contributed by atoms with Crippen LogP contribution in [0.2, 0.25) is 0 Å². The zero-order chi connectivity index (χ0) is 23.2. The largest absolute Gasteiger partial charge is 0.350 e. The Labute approximate surface area is 189 Å². The molecule has 2 N–H and O–H groups in total. The summed E-state index contributed by atoms with van der Waals surface area (Å²) in [5.41, 5.74) is 0.712. The number of nitrogens with zero attached hydrogens (tertiary/aromatic N) is 4. The summed E-state index contributed by atoms with van der Waals surface area (Å²) in [6, 6.07) is 10.9. The van der Waals surface area contributed by atoms with E-state index >= 15 is 0 Å². The van der Waals surface area contributed by atoms with Gasteiger partial charge in [0, 0.05) is 11.9 Å². The first kappa shape index (κ1) is 20.9. The van der Waals surface area contributed by atoms with Crippen molar-refractivity contribution in [3.8, 4) is 0 Å². The molecule has 1 spiro atoms. The number of hydrogen-bond donors (Lipinski definition) is 2. The van der Waals surface area contributed by atoms with Gasteiger partial charge >= 0.3 is 11.7 Å². The third-order valence-corrected chi connectivity index (χ3v) is 6.43. The maximum atomic E-state index is 12.9. The fourth-order valence-corrected chi connectivity index (χ4v) is 4.67. The Kier molecular flexibility index (Phi) is 4.99. The lowest BCUT2D eigenvalue weighted by atomic mass is 9.97. The second kappa shape index (κ2) is 7.88. The van der Waals surface area contributed by atoms with Crippen LogP contribution in [-0.4, -0.2) is 48.5 Å². The first-order chi connectivity index (χ1) is 15.9. The van der Waals surface area contributed by atoms with Gasteiger partial charge in [-0.2, -0.15) is 0 Å². The molecule has 33 heavy (non-hydrogen) atoms. The van der Waals surface area contributed by atoms with E-state index in [-0.39, 0.29) is 18.1 Å². The van der Waals surface area contributed by atoms with E-state index in [4.69, 9.17) is 0 Å². The molecule has 3 aromatic rings. The number of anilines is 1. The maximum Gasteiger partial charge on any atom is 0.350 e. The van der Waals surface area contributed by atoms with Gasteiger partial charge in [-0.15, -0.1) is 5.10 Å². The second-order valence-corrected chi connectivity index (χ2v) is 8.63. The van der Waals surface area contributed by atoms with Crippen LogP contribution in [0.25, 0.3) is 5.65 Å². The fraction of sp³-hybridized carbons (Fsp3) is 0.348. The number of benzene rings is 1. The number of nitrogens with one attached hydrogen (secondary N) is 2. The minimum Gasteiger partial charge on any atom is -0.324 e. The van der Waals surface area contributed by atoms with Gasteiger partial charge in [-0.25, -0.2) is 19.2 Å². The predicted octanol–water partition coefficient (Wildman–Crippen LogP) is 1.74. The molecular weight excluding hydrogens is 424 g/mol. The van der Waals surface area contributed by atoms with Gasteiger partial charge in [-0.1, -0.05) is 31.0 Å². The highest BCUT2D eigenvalue weighted by Gasteiger charge is 2.54. The third kappa shape index (κ3) is 3.57. The lowest BCUT2D eigenvalue weighted by Crippen LogP contribution is -2.48. The van der Waals surface area contributed by atoms with E-state index in [1.54, 1.807) is 43.5 Å². The Bertz CT molecular complexity index is 1320. The van der Waals surface area contributed by atoms with Crippen LogP contribution in [-0.2, 0) is 16.1 Å². The second-order valence-electron chi connectivity index (χ2n) is 8.63. The lowest BCUT2D eigenvalue weighted by molar-refractivity contribution is -0.136. The molecule has 1 atom stereocenters. The number of amides is 4. The molecule has 10 heteroatoms. The summed E-state index contributed by atoms with van der Waals surface area (Å²) >= 11 is 0. The first-order valence-corrected chi connectivity index (χ1v) is 11.0. The van der Waals surface area contributed by atoms with Crippen LogP contribution < -0.4 is 16.3 Å². The molecule has 1 aliphatic heterocycles. The molecule has 2 aromatic heterocycles. The number of carbonyl (C=O) groups excluding carboxylic acids is 3. The Balaban J connectivity index is 1.30. The summed E-state index contributed by atoms with van der Waals surface area (Å²) in [5, 5.41) is 9.90. The van der Waals surface area contributed by atoms with E-state index in [2.05, 4.69) is 15.7 Å².